The zero-order valence-electron chi connectivity index (χ0n) is 11.9. The Morgan fingerprint density at radius 3 is 2.48 bits per heavy atom. The van der Waals surface area contributed by atoms with E-state index in [4.69, 9.17) is 0 Å². The highest BCUT2D eigenvalue weighted by Crippen LogP contribution is 2.23. The molecule has 0 aliphatic carbocycles. The van der Waals surface area contributed by atoms with Crippen molar-refractivity contribution in [3.05, 3.63) is 68.7 Å². The summed E-state index contributed by atoms with van der Waals surface area (Å²) in [5, 5.41) is 0. The first-order valence-corrected chi connectivity index (χ1v) is 7.16. The summed E-state index contributed by atoms with van der Waals surface area (Å²) in [6, 6.07) is 6.83. The van der Waals surface area contributed by atoms with Gasteiger partial charge < -0.3 is 0 Å². The van der Waals surface area contributed by atoms with E-state index in [9.17, 15) is 22.4 Å². The third-order valence-corrected chi connectivity index (χ3v) is 3.97. The van der Waals surface area contributed by atoms with Gasteiger partial charge >= 0.3 is 0 Å². The van der Waals surface area contributed by atoms with Crippen LogP contribution in [0.2, 0.25) is 0 Å². The van der Waals surface area contributed by atoms with Crippen LogP contribution in [0.1, 0.15) is 5.56 Å². The zero-order valence-corrected chi connectivity index (χ0v) is 13.4. The number of halogens is 5. The summed E-state index contributed by atoms with van der Waals surface area (Å²) in [6.45, 7) is 0.0386. The van der Waals surface area contributed by atoms with E-state index < -0.39 is 24.3 Å². The number of rotatable bonds is 1. The van der Waals surface area contributed by atoms with E-state index in [1.807, 2.05) is 0 Å². The Labute approximate surface area is 136 Å². The van der Waals surface area contributed by atoms with E-state index >= 15 is 0 Å². The molecule has 1 aromatic carbocycles. The van der Waals surface area contributed by atoms with Crippen molar-refractivity contribution in [3.8, 4) is 5.69 Å². The molecule has 0 N–H and O–H groups in total. The number of fused-ring (bicyclic) bond motifs is 1. The van der Waals surface area contributed by atoms with Crippen LogP contribution in [0.5, 0.6) is 0 Å². The molecule has 0 atom stereocenters. The first-order chi connectivity index (χ1) is 10.9. The molecule has 2 heterocycles. The maximum atomic E-state index is 14.1. The Bertz CT molecular complexity index is 904. The van der Waals surface area contributed by atoms with Gasteiger partial charge in [0.25, 0.3) is 5.56 Å². The molecule has 0 radical (unpaired) electrons. The standard InChI is InChI=1S/C14H9BrF2N2O.CH2F2/c1-8-5-11(10(16)6-9(8)15)19-13-3-2-4-18(13)12(17)7-14(19)20;2-1-3/h2-7H,1H3;1H2. The second-order valence-corrected chi connectivity index (χ2v) is 5.39. The summed E-state index contributed by atoms with van der Waals surface area (Å²) in [5.74, 6) is -1.24. The summed E-state index contributed by atoms with van der Waals surface area (Å²) in [7, 11) is 0. The fourth-order valence-corrected chi connectivity index (χ4v) is 2.45. The number of aromatic nitrogens is 2. The van der Waals surface area contributed by atoms with Crippen molar-refractivity contribution in [2.75, 3.05) is 6.93 Å². The van der Waals surface area contributed by atoms with Crippen molar-refractivity contribution in [2.24, 2.45) is 0 Å². The lowest BCUT2D eigenvalue weighted by molar-refractivity contribution is 0.295. The molecule has 0 saturated carbocycles. The number of nitrogens with zero attached hydrogens (tertiary/aromatic N) is 2. The SMILES string of the molecule is Cc1cc(-n2c(=O)cc(F)n3cccc23)c(F)cc1Br.FCF. The molecule has 3 aromatic rings. The Kier molecular flexibility index (Phi) is 5.25. The van der Waals surface area contributed by atoms with Gasteiger partial charge in [-0.05, 0) is 36.8 Å². The Morgan fingerprint density at radius 1 is 1.17 bits per heavy atom. The van der Waals surface area contributed by atoms with E-state index in [1.54, 1.807) is 25.1 Å². The van der Waals surface area contributed by atoms with E-state index in [0.29, 0.717) is 4.47 Å². The summed E-state index contributed by atoms with van der Waals surface area (Å²) in [5.41, 5.74) is 0.534. The molecule has 0 fully saturated rings. The van der Waals surface area contributed by atoms with Gasteiger partial charge in [-0.25, -0.2) is 13.2 Å². The summed E-state index contributed by atoms with van der Waals surface area (Å²) >= 11 is 3.23. The van der Waals surface area contributed by atoms with Crippen LogP contribution in [0, 0.1) is 18.7 Å². The molecule has 0 aliphatic heterocycles. The minimum Gasteiger partial charge on any atom is -0.279 e. The molecule has 122 valence electrons. The number of aryl methyl sites for hydroxylation is 1. The van der Waals surface area contributed by atoms with Gasteiger partial charge in [-0.1, -0.05) is 15.9 Å². The highest BCUT2D eigenvalue weighted by molar-refractivity contribution is 9.10. The van der Waals surface area contributed by atoms with Crippen LogP contribution in [-0.2, 0) is 0 Å². The monoisotopic (exact) mass is 390 g/mol. The van der Waals surface area contributed by atoms with Crippen molar-refractivity contribution < 1.29 is 17.6 Å². The van der Waals surface area contributed by atoms with Crippen molar-refractivity contribution in [1.29, 1.82) is 0 Å². The molecular formula is C15H11BrF4N2O. The number of hydrogen-bond acceptors (Lipinski definition) is 1. The highest BCUT2D eigenvalue weighted by Gasteiger charge is 2.14. The molecule has 0 saturated heterocycles. The smallest absolute Gasteiger partial charge is 0.261 e. The highest BCUT2D eigenvalue weighted by atomic mass is 79.9. The van der Waals surface area contributed by atoms with Gasteiger partial charge in [-0.2, -0.15) is 4.39 Å². The van der Waals surface area contributed by atoms with Crippen LogP contribution in [0.15, 0.2) is 45.8 Å². The van der Waals surface area contributed by atoms with Crippen LogP contribution in [-0.4, -0.2) is 15.9 Å². The molecule has 0 spiro atoms. The molecule has 0 bridgehead atoms. The topological polar surface area (TPSA) is 26.4 Å². The number of benzene rings is 1. The molecule has 0 aliphatic rings. The molecular weight excluding hydrogens is 380 g/mol. The minimum atomic E-state index is -1.75. The summed E-state index contributed by atoms with van der Waals surface area (Å²) in [4.78, 5) is 12.0. The van der Waals surface area contributed by atoms with Crippen LogP contribution >= 0.6 is 15.9 Å². The Hall–Kier alpha value is -2.09. The normalized spacial score (nSPS) is 10.5. The fraction of sp³-hybridized carbons (Fsp3) is 0.133. The van der Waals surface area contributed by atoms with E-state index in [2.05, 4.69) is 15.9 Å². The molecule has 2 aromatic heterocycles. The zero-order chi connectivity index (χ0) is 17.1. The van der Waals surface area contributed by atoms with Crippen molar-refractivity contribution in [2.45, 2.75) is 6.92 Å². The molecule has 8 heteroatoms. The van der Waals surface area contributed by atoms with Gasteiger partial charge in [0.05, 0.1) is 11.8 Å². The van der Waals surface area contributed by atoms with E-state index in [-0.39, 0.29) is 11.3 Å². The van der Waals surface area contributed by atoms with Gasteiger partial charge in [0.1, 0.15) is 11.5 Å². The largest absolute Gasteiger partial charge is 0.279 e. The van der Waals surface area contributed by atoms with Crippen molar-refractivity contribution in [3.63, 3.8) is 0 Å². The molecule has 0 unspecified atom stereocenters. The average Bonchev–Trinajstić information content (AvgIpc) is 2.95. The van der Waals surface area contributed by atoms with Crippen molar-refractivity contribution in [1.82, 2.24) is 8.97 Å². The van der Waals surface area contributed by atoms with Gasteiger partial charge in [-0.3, -0.25) is 13.8 Å². The maximum Gasteiger partial charge on any atom is 0.261 e. The molecule has 3 nitrogen and oxygen atoms in total. The Balaban J connectivity index is 0.000000595. The lowest BCUT2D eigenvalue weighted by Crippen LogP contribution is -2.22. The quantitative estimate of drug-likeness (QED) is 0.448. The van der Waals surface area contributed by atoms with Gasteiger partial charge in [0.15, 0.2) is 0 Å². The minimum absolute atomic E-state index is 0.0967. The van der Waals surface area contributed by atoms with E-state index in [1.165, 1.54) is 16.7 Å². The van der Waals surface area contributed by atoms with Crippen molar-refractivity contribution >= 4 is 21.6 Å². The van der Waals surface area contributed by atoms with Gasteiger partial charge in [0, 0.05) is 10.7 Å². The fourth-order valence-electron chi connectivity index (χ4n) is 2.14. The van der Waals surface area contributed by atoms with Crippen LogP contribution in [0.3, 0.4) is 0 Å². The predicted molar refractivity (Wildman–Crippen MR) is 82.4 cm³/mol. The number of alkyl halides is 2. The number of hydrogen-bond donors (Lipinski definition) is 0. The summed E-state index contributed by atoms with van der Waals surface area (Å²) < 4.78 is 50.0. The second kappa shape index (κ2) is 6.99. The van der Waals surface area contributed by atoms with Crippen LogP contribution in [0.25, 0.3) is 11.3 Å². The Morgan fingerprint density at radius 2 is 1.83 bits per heavy atom. The lowest BCUT2D eigenvalue weighted by Gasteiger charge is -2.12. The maximum absolute atomic E-state index is 14.1. The first kappa shape index (κ1) is 17.3. The lowest BCUT2D eigenvalue weighted by atomic mass is 10.2. The van der Waals surface area contributed by atoms with Gasteiger partial charge in [0.2, 0.25) is 12.9 Å². The molecule has 0 amide bonds. The van der Waals surface area contributed by atoms with E-state index in [0.717, 1.165) is 16.2 Å². The molecule has 3 rings (SSSR count). The molecule has 23 heavy (non-hydrogen) atoms. The van der Waals surface area contributed by atoms with Crippen LogP contribution < -0.4 is 5.56 Å². The average molecular weight is 391 g/mol. The summed E-state index contributed by atoms with van der Waals surface area (Å²) in [6.07, 6.45) is 1.48. The second-order valence-electron chi connectivity index (χ2n) is 4.53. The third-order valence-electron chi connectivity index (χ3n) is 3.12. The predicted octanol–water partition coefficient (Wildman–Crippen LogP) is 4.32. The van der Waals surface area contributed by atoms with Gasteiger partial charge in [-0.15, -0.1) is 0 Å². The third kappa shape index (κ3) is 3.31. The van der Waals surface area contributed by atoms with Crippen LogP contribution in [0.4, 0.5) is 17.6 Å². The first-order valence-electron chi connectivity index (χ1n) is 6.37.